The molecule has 1 aliphatic heterocycles. The summed E-state index contributed by atoms with van der Waals surface area (Å²) in [7, 11) is -3.05. The van der Waals surface area contributed by atoms with E-state index in [1.54, 1.807) is 0 Å². The molecule has 144 valence electrons. The first kappa shape index (κ1) is 19.6. The predicted octanol–water partition coefficient (Wildman–Crippen LogP) is 1.34. The molecule has 0 radical (unpaired) electrons. The van der Waals surface area contributed by atoms with E-state index in [0.29, 0.717) is 6.42 Å². The van der Waals surface area contributed by atoms with Crippen LogP contribution in [0.4, 0.5) is 0 Å². The van der Waals surface area contributed by atoms with Crippen LogP contribution >= 0.6 is 0 Å². The van der Waals surface area contributed by atoms with Gasteiger partial charge in [0.1, 0.15) is 6.04 Å². The normalized spacial score (nSPS) is 22.3. The first-order valence-electron chi connectivity index (χ1n) is 9.23. The van der Waals surface area contributed by atoms with Gasteiger partial charge in [-0.25, -0.2) is 8.42 Å². The lowest BCUT2D eigenvalue weighted by Crippen LogP contribution is -2.88. The summed E-state index contributed by atoms with van der Waals surface area (Å²) in [4.78, 5) is 12.5. The first-order chi connectivity index (χ1) is 12.8. The van der Waals surface area contributed by atoms with Crippen molar-refractivity contribution in [2.24, 2.45) is 0 Å². The highest BCUT2D eigenvalue weighted by atomic mass is 32.2. The number of aryl methyl sites for hydroxylation is 1. The average Bonchev–Trinajstić information content (AvgIpc) is 2.90. The number of carbonyl (C=O) groups excluding carboxylic acids is 1. The van der Waals surface area contributed by atoms with Crippen molar-refractivity contribution >= 4 is 15.7 Å². The van der Waals surface area contributed by atoms with Crippen LogP contribution < -0.4 is 10.6 Å². The lowest BCUT2D eigenvalue weighted by Gasteiger charge is -2.24. The smallest absolute Gasteiger partial charge is 0.275 e. The van der Waals surface area contributed by atoms with Gasteiger partial charge in [0.15, 0.2) is 16.4 Å². The minimum atomic E-state index is -3.05. The van der Waals surface area contributed by atoms with Crippen molar-refractivity contribution in [3.63, 3.8) is 0 Å². The lowest BCUT2D eigenvalue weighted by atomic mass is 9.97. The van der Waals surface area contributed by atoms with Crippen LogP contribution in [0.15, 0.2) is 54.6 Å². The molecule has 2 atom stereocenters. The molecule has 3 rings (SSSR count). The van der Waals surface area contributed by atoms with Gasteiger partial charge >= 0.3 is 0 Å². The fourth-order valence-electron chi connectivity index (χ4n) is 3.62. The quantitative estimate of drug-likeness (QED) is 0.785. The Bertz CT molecular complexity index is 895. The molecule has 1 saturated heterocycles. The number of rotatable bonds is 6. The van der Waals surface area contributed by atoms with Crippen LogP contribution in [0.3, 0.4) is 0 Å². The second-order valence-corrected chi connectivity index (χ2v) is 9.87. The van der Waals surface area contributed by atoms with E-state index in [1.165, 1.54) is 5.56 Å². The SMILES string of the molecule is Cc1ccc([C@@H]([NH2+]CC(=O)N[C@@]2(C)CCS(=O)(=O)C2)c2ccccc2)cc1. The number of sulfone groups is 1. The Hall–Kier alpha value is -2.18. The summed E-state index contributed by atoms with van der Waals surface area (Å²) in [5, 5.41) is 4.93. The molecule has 3 N–H and O–H groups in total. The second-order valence-electron chi connectivity index (χ2n) is 7.69. The summed E-state index contributed by atoms with van der Waals surface area (Å²) in [6, 6.07) is 18.4. The van der Waals surface area contributed by atoms with Gasteiger partial charge in [-0.3, -0.25) is 4.79 Å². The van der Waals surface area contributed by atoms with E-state index in [1.807, 2.05) is 30.4 Å². The Balaban J connectivity index is 1.70. The van der Waals surface area contributed by atoms with Gasteiger partial charge in [-0.1, -0.05) is 60.2 Å². The maximum absolute atomic E-state index is 12.5. The van der Waals surface area contributed by atoms with Gasteiger partial charge in [-0.2, -0.15) is 0 Å². The Kier molecular flexibility index (Phi) is 5.67. The van der Waals surface area contributed by atoms with Crippen LogP contribution in [0.25, 0.3) is 0 Å². The van der Waals surface area contributed by atoms with Gasteiger partial charge < -0.3 is 10.6 Å². The lowest BCUT2D eigenvalue weighted by molar-refractivity contribution is -0.676. The van der Waals surface area contributed by atoms with E-state index in [0.717, 1.165) is 11.1 Å². The molecule has 1 fully saturated rings. The van der Waals surface area contributed by atoms with Crippen molar-refractivity contribution in [1.82, 2.24) is 5.32 Å². The van der Waals surface area contributed by atoms with Crippen molar-refractivity contribution in [2.75, 3.05) is 18.1 Å². The number of nitrogens with two attached hydrogens (primary N) is 1. The van der Waals surface area contributed by atoms with E-state index >= 15 is 0 Å². The van der Waals surface area contributed by atoms with Crippen molar-refractivity contribution in [2.45, 2.75) is 31.8 Å². The molecule has 2 aromatic rings. The standard InChI is InChI=1S/C21H26N2O3S/c1-16-8-10-18(11-9-16)20(17-6-4-3-5-7-17)22-14-19(24)23-21(2)12-13-27(25,26)15-21/h3-11,20,22H,12-15H2,1-2H3,(H,23,24)/p+1/t20-,21-/m0/s1. The van der Waals surface area contributed by atoms with Crippen LogP contribution in [0, 0.1) is 6.92 Å². The van der Waals surface area contributed by atoms with Crippen molar-refractivity contribution in [3.05, 3.63) is 71.3 Å². The zero-order valence-electron chi connectivity index (χ0n) is 15.8. The van der Waals surface area contributed by atoms with E-state index in [4.69, 9.17) is 0 Å². The largest absolute Gasteiger partial charge is 0.345 e. The molecule has 0 unspecified atom stereocenters. The van der Waals surface area contributed by atoms with Gasteiger partial charge in [0.05, 0.1) is 17.0 Å². The third kappa shape index (κ3) is 5.17. The van der Waals surface area contributed by atoms with E-state index in [9.17, 15) is 13.2 Å². The maximum atomic E-state index is 12.5. The highest BCUT2D eigenvalue weighted by molar-refractivity contribution is 7.91. The molecule has 2 aromatic carbocycles. The van der Waals surface area contributed by atoms with Crippen LogP contribution in [0.1, 0.15) is 36.1 Å². The molecular weight excluding hydrogens is 360 g/mol. The molecule has 6 heteroatoms. The van der Waals surface area contributed by atoms with Crippen LogP contribution in [-0.2, 0) is 14.6 Å². The minimum Gasteiger partial charge on any atom is -0.345 e. The molecular formula is C21H27N2O3S+. The number of amides is 1. The van der Waals surface area contributed by atoms with Gasteiger partial charge in [-0.05, 0) is 20.3 Å². The highest BCUT2D eigenvalue weighted by Gasteiger charge is 2.39. The second kappa shape index (κ2) is 7.82. The van der Waals surface area contributed by atoms with Crippen molar-refractivity contribution < 1.29 is 18.5 Å². The number of benzene rings is 2. The topological polar surface area (TPSA) is 79.8 Å². The molecule has 0 bridgehead atoms. The monoisotopic (exact) mass is 387 g/mol. The zero-order valence-corrected chi connectivity index (χ0v) is 16.6. The Morgan fingerprint density at radius 3 is 2.33 bits per heavy atom. The Labute approximate surface area is 161 Å². The van der Waals surface area contributed by atoms with Gasteiger partial charge in [0.2, 0.25) is 0 Å². The molecule has 1 heterocycles. The van der Waals surface area contributed by atoms with Crippen LogP contribution in [0.5, 0.6) is 0 Å². The number of carbonyl (C=O) groups is 1. The molecule has 0 saturated carbocycles. The number of quaternary nitrogens is 1. The molecule has 0 aliphatic carbocycles. The molecule has 0 aromatic heterocycles. The summed E-state index contributed by atoms with van der Waals surface area (Å²) >= 11 is 0. The Morgan fingerprint density at radius 2 is 1.74 bits per heavy atom. The summed E-state index contributed by atoms with van der Waals surface area (Å²) < 4.78 is 23.5. The minimum absolute atomic E-state index is 0.0117. The third-order valence-corrected chi connectivity index (χ3v) is 6.98. The van der Waals surface area contributed by atoms with Gasteiger partial charge in [0.25, 0.3) is 5.91 Å². The van der Waals surface area contributed by atoms with E-state index < -0.39 is 15.4 Å². The zero-order chi connectivity index (χ0) is 19.5. The summed E-state index contributed by atoms with van der Waals surface area (Å²) in [6.07, 6.45) is 0.473. The summed E-state index contributed by atoms with van der Waals surface area (Å²) in [6.45, 7) is 4.10. The summed E-state index contributed by atoms with van der Waals surface area (Å²) in [5.74, 6) is 0.0256. The molecule has 0 spiro atoms. The average molecular weight is 388 g/mol. The van der Waals surface area contributed by atoms with E-state index in [2.05, 4.69) is 48.6 Å². The maximum Gasteiger partial charge on any atom is 0.275 e. The Morgan fingerprint density at radius 1 is 1.11 bits per heavy atom. The predicted molar refractivity (Wildman–Crippen MR) is 106 cm³/mol. The highest BCUT2D eigenvalue weighted by Crippen LogP contribution is 2.22. The van der Waals surface area contributed by atoms with Crippen LogP contribution in [-0.4, -0.2) is 37.9 Å². The fraction of sp³-hybridized carbons (Fsp3) is 0.381. The molecule has 1 aliphatic rings. The molecule has 1 amide bonds. The number of hydrogen-bond donors (Lipinski definition) is 2. The van der Waals surface area contributed by atoms with Gasteiger partial charge in [-0.15, -0.1) is 0 Å². The molecule has 27 heavy (non-hydrogen) atoms. The number of hydrogen-bond acceptors (Lipinski definition) is 3. The van der Waals surface area contributed by atoms with Crippen molar-refractivity contribution in [3.8, 4) is 0 Å². The first-order valence-corrected chi connectivity index (χ1v) is 11.0. The third-order valence-electron chi connectivity index (χ3n) is 5.08. The van der Waals surface area contributed by atoms with Crippen molar-refractivity contribution in [1.29, 1.82) is 0 Å². The van der Waals surface area contributed by atoms with Crippen LogP contribution in [0.2, 0.25) is 0 Å². The summed E-state index contributed by atoms with van der Waals surface area (Å²) in [5.41, 5.74) is 2.80. The van der Waals surface area contributed by atoms with Gasteiger partial charge in [0, 0.05) is 11.1 Å². The number of nitrogens with one attached hydrogen (secondary N) is 1. The molecule has 5 nitrogen and oxygen atoms in total. The fourth-order valence-corrected chi connectivity index (χ4v) is 5.71. The van der Waals surface area contributed by atoms with E-state index in [-0.39, 0.29) is 30.0 Å².